The van der Waals surface area contributed by atoms with Gasteiger partial charge in [-0.05, 0) is 19.4 Å². The second-order valence-corrected chi connectivity index (χ2v) is 4.26. The number of aromatic nitrogens is 1. The predicted octanol–water partition coefficient (Wildman–Crippen LogP) is 1.95. The Morgan fingerprint density at radius 1 is 1.59 bits per heavy atom. The summed E-state index contributed by atoms with van der Waals surface area (Å²) in [7, 11) is 0. The Balaban J connectivity index is 2.55. The third kappa shape index (κ3) is 4.36. The standard InChI is InChI=1S/C11H17N3O3/c1-3-6-11(2,15)8-13-10-5-4-9(7-12-10)14(16)17/h4-5,7,15H,3,6,8H2,1-2H3,(H,12,13). The van der Waals surface area contributed by atoms with E-state index in [-0.39, 0.29) is 5.69 Å². The SMILES string of the molecule is CCCC(C)(O)CNc1ccc([N+](=O)[O-])cn1. The molecule has 0 saturated heterocycles. The molecule has 2 N–H and O–H groups in total. The van der Waals surface area contributed by atoms with E-state index in [1.165, 1.54) is 18.3 Å². The van der Waals surface area contributed by atoms with Crippen molar-refractivity contribution < 1.29 is 10.0 Å². The van der Waals surface area contributed by atoms with Crippen LogP contribution in [0.4, 0.5) is 11.5 Å². The molecule has 0 saturated carbocycles. The van der Waals surface area contributed by atoms with Crippen molar-refractivity contribution in [2.75, 3.05) is 11.9 Å². The number of pyridine rings is 1. The van der Waals surface area contributed by atoms with E-state index in [0.717, 1.165) is 6.42 Å². The first kappa shape index (κ1) is 13.4. The highest BCUT2D eigenvalue weighted by atomic mass is 16.6. The smallest absolute Gasteiger partial charge is 0.287 e. The van der Waals surface area contributed by atoms with E-state index in [9.17, 15) is 15.2 Å². The van der Waals surface area contributed by atoms with Crippen LogP contribution in [0.25, 0.3) is 0 Å². The van der Waals surface area contributed by atoms with Crippen molar-refractivity contribution in [2.24, 2.45) is 0 Å². The summed E-state index contributed by atoms with van der Waals surface area (Å²) >= 11 is 0. The zero-order valence-corrected chi connectivity index (χ0v) is 10.0. The molecule has 1 aromatic rings. The molecule has 0 aromatic carbocycles. The first-order chi connectivity index (χ1) is 7.94. The first-order valence-electron chi connectivity index (χ1n) is 5.51. The molecule has 0 aliphatic heterocycles. The summed E-state index contributed by atoms with van der Waals surface area (Å²) < 4.78 is 0. The largest absolute Gasteiger partial charge is 0.388 e. The molecule has 94 valence electrons. The molecule has 0 bridgehead atoms. The quantitative estimate of drug-likeness (QED) is 0.585. The van der Waals surface area contributed by atoms with Gasteiger partial charge >= 0.3 is 0 Å². The second kappa shape index (κ2) is 5.58. The maximum Gasteiger partial charge on any atom is 0.287 e. The van der Waals surface area contributed by atoms with Gasteiger partial charge in [-0.15, -0.1) is 0 Å². The number of nitrogens with zero attached hydrogens (tertiary/aromatic N) is 2. The summed E-state index contributed by atoms with van der Waals surface area (Å²) in [5, 5.41) is 23.3. The number of hydrogen-bond donors (Lipinski definition) is 2. The molecule has 17 heavy (non-hydrogen) atoms. The fourth-order valence-electron chi connectivity index (χ4n) is 1.51. The fraction of sp³-hybridized carbons (Fsp3) is 0.545. The molecular weight excluding hydrogens is 222 g/mol. The van der Waals surface area contributed by atoms with Crippen molar-refractivity contribution in [1.29, 1.82) is 0 Å². The van der Waals surface area contributed by atoms with Crippen LogP contribution in [0, 0.1) is 10.1 Å². The van der Waals surface area contributed by atoms with Gasteiger partial charge in [-0.25, -0.2) is 4.98 Å². The molecule has 1 unspecified atom stereocenters. The van der Waals surface area contributed by atoms with Gasteiger partial charge in [-0.1, -0.05) is 13.3 Å². The van der Waals surface area contributed by atoms with E-state index >= 15 is 0 Å². The molecule has 1 atom stereocenters. The van der Waals surface area contributed by atoms with Gasteiger partial charge in [0.25, 0.3) is 5.69 Å². The molecule has 1 aromatic heterocycles. The van der Waals surface area contributed by atoms with Crippen molar-refractivity contribution in [3.8, 4) is 0 Å². The lowest BCUT2D eigenvalue weighted by Crippen LogP contribution is -2.33. The van der Waals surface area contributed by atoms with Gasteiger partial charge in [0.15, 0.2) is 0 Å². The summed E-state index contributed by atoms with van der Waals surface area (Å²) in [4.78, 5) is 13.8. The Hall–Kier alpha value is -1.69. The second-order valence-electron chi connectivity index (χ2n) is 4.26. The third-order valence-electron chi connectivity index (χ3n) is 2.40. The van der Waals surface area contributed by atoms with Crippen molar-refractivity contribution in [1.82, 2.24) is 4.98 Å². The van der Waals surface area contributed by atoms with Crippen LogP contribution in [0.2, 0.25) is 0 Å². The molecule has 0 aliphatic carbocycles. The molecule has 1 heterocycles. The highest BCUT2D eigenvalue weighted by Crippen LogP contribution is 2.15. The Morgan fingerprint density at radius 2 is 2.29 bits per heavy atom. The van der Waals surface area contributed by atoms with Gasteiger partial charge in [0, 0.05) is 12.6 Å². The molecule has 0 aliphatic rings. The van der Waals surface area contributed by atoms with Gasteiger partial charge in [0.2, 0.25) is 0 Å². The molecule has 0 spiro atoms. The lowest BCUT2D eigenvalue weighted by atomic mass is 10.0. The lowest BCUT2D eigenvalue weighted by molar-refractivity contribution is -0.385. The minimum atomic E-state index is -0.793. The molecule has 6 nitrogen and oxygen atoms in total. The van der Waals surface area contributed by atoms with Crippen LogP contribution >= 0.6 is 0 Å². The summed E-state index contributed by atoms with van der Waals surface area (Å²) in [5.41, 5.74) is -0.839. The van der Waals surface area contributed by atoms with Crippen molar-refractivity contribution in [2.45, 2.75) is 32.3 Å². The van der Waals surface area contributed by atoms with E-state index in [2.05, 4.69) is 10.3 Å². The molecule has 1 rings (SSSR count). The normalized spacial score (nSPS) is 14.1. The zero-order valence-electron chi connectivity index (χ0n) is 10.0. The summed E-state index contributed by atoms with van der Waals surface area (Å²) in [6, 6.07) is 2.91. The van der Waals surface area contributed by atoms with Crippen LogP contribution in [-0.2, 0) is 0 Å². The van der Waals surface area contributed by atoms with E-state index in [4.69, 9.17) is 0 Å². The first-order valence-corrected chi connectivity index (χ1v) is 5.51. The van der Waals surface area contributed by atoms with Crippen LogP contribution in [-0.4, -0.2) is 27.2 Å². The Kier molecular flexibility index (Phi) is 4.39. The van der Waals surface area contributed by atoms with Gasteiger partial charge in [-0.2, -0.15) is 0 Å². The van der Waals surface area contributed by atoms with Crippen LogP contribution in [0.3, 0.4) is 0 Å². The third-order valence-corrected chi connectivity index (χ3v) is 2.40. The van der Waals surface area contributed by atoms with Crippen molar-refractivity contribution in [3.63, 3.8) is 0 Å². The van der Waals surface area contributed by atoms with Crippen LogP contribution in [0.15, 0.2) is 18.3 Å². The summed E-state index contributed by atoms with van der Waals surface area (Å²) in [5.74, 6) is 0.520. The minimum absolute atomic E-state index is 0.0455. The fourth-order valence-corrected chi connectivity index (χ4v) is 1.51. The van der Waals surface area contributed by atoms with E-state index < -0.39 is 10.5 Å². The minimum Gasteiger partial charge on any atom is -0.388 e. The monoisotopic (exact) mass is 239 g/mol. The molecule has 0 fully saturated rings. The number of aliphatic hydroxyl groups is 1. The maximum atomic E-state index is 10.4. The van der Waals surface area contributed by atoms with E-state index in [0.29, 0.717) is 18.8 Å². The lowest BCUT2D eigenvalue weighted by Gasteiger charge is -2.23. The number of nitro groups is 1. The van der Waals surface area contributed by atoms with Crippen molar-refractivity contribution in [3.05, 3.63) is 28.4 Å². The Morgan fingerprint density at radius 3 is 2.76 bits per heavy atom. The zero-order chi connectivity index (χ0) is 12.9. The molecular formula is C11H17N3O3. The summed E-state index contributed by atoms with van der Waals surface area (Å²) in [6.45, 7) is 4.11. The molecule has 0 radical (unpaired) electrons. The average molecular weight is 239 g/mol. The topological polar surface area (TPSA) is 88.3 Å². The Labute approximate surface area is 99.8 Å². The van der Waals surface area contributed by atoms with Crippen LogP contribution in [0.5, 0.6) is 0 Å². The number of anilines is 1. The van der Waals surface area contributed by atoms with E-state index in [1.54, 1.807) is 6.92 Å². The van der Waals surface area contributed by atoms with Gasteiger partial charge in [-0.3, -0.25) is 10.1 Å². The highest BCUT2D eigenvalue weighted by Gasteiger charge is 2.18. The summed E-state index contributed by atoms with van der Waals surface area (Å²) in [6.07, 6.45) is 2.77. The molecule has 0 amide bonds. The molecule has 6 heteroatoms. The van der Waals surface area contributed by atoms with Gasteiger partial charge in [0.1, 0.15) is 12.0 Å². The van der Waals surface area contributed by atoms with E-state index in [1.807, 2.05) is 6.92 Å². The maximum absolute atomic E-state index is 10.4. The van der Waals surface area contributed by atoms with Crippen LogP contribution in [0.1, 0.15) is 26.7 Å². The average Bonchev–Trinajstić information content (AvgIpc) is 2.27. The van der Waals surface area contributed by atoms with Crippen molar-refractivity contribution >= 4 is 11.5 Å². The number of hydrogen-bond acceptors (Lipinski definition) is 5. The highest BCUT2D eigenvalue weighted by molar-refractivity contribution is 5.40. The van der Waals surface area contributed by atoms with Gasteiger partial charge < -0.3 is 10.4 Å². The Bertz CT molecular complexity index is 376. The predicted molar refractivity (Wildman–Crippen MR) is 64.9 cm³/mol. The van der Waals surface area contributed by atoms with Gasteiger partial charge in [0.05, 0.1) is 10.5 Å². The number of nitrogens with one attached hydrogen (secondary N) is 1. The number of rotatable bonds is 6. The van der Waals surface area contributed by atoms with Crippen LogP contribution < -0.4 is 5.32 Å².